The number of carboxylic acids is 2. The Morgan fingerprint density at radius 1 is 1.08 bits per heavy atom. The Morgan fingerprint density at radius 2 is 1.78 bits per heavy atom. The number of ether oxygens (including phenoxy) is 1. The Kier molecular flexibility index (Phi) is 9.57. The summed E-state index contributed by atoms with van der Waals surface area (Å²) >= 11 is 0. The molecule has 0 radical (unpaired) electrons. The first-order valence-corrected chi connectivity index (χ1v) is 15.6. The molecule has 49 heavy (non-hydrogen) atoms. The minimum atomic E-state index is -1.49. The van der Waals surface area contributed by atoms with Crippen LogP contribution in [0.2, 0.25) is 0 Å². The van der Waals surface area contributed by atoms with Crippen molar-refractivity contribution >= 4 is 40.4 Å². The largest absolute Gasteiger partial charge is 0.481 e. The number of esters is 1. The Morgan fingerprint density at radius 3 is 2.39 bits per heavy atom. The van der Waals surface area contributed by atoms with Crippen molar-refractivity contribution in [2.75, 3.05) is 11.9 Å². The first-order valence-electron chi connectivity index (χ1n) is 15.6. The smallest absolute Gasteiger partial charge is 0.330 e. The predicted molar refractivity (Wildman–Crippen MR) is 178 cm³/mol. The molecule has 0 saturated heterocycles. The van der Waals surface area contributed by atoms with Crippen LogP contribution >= 0.6 is 0 Å². The Hall–Kier alpha value is -5.59. The monoisotopic (exact) mass is 672 g/mol. The third-order valence-electron chi connectivity index (χ3n) is 8.65. The highest BCUT2D eigenvalue weighted by molar-refractivity contribution is 5.97. The molecule has 1 unspecified atom stereocenters. The number of nitrogens with one attached hydrogen (secondary N) is 1. The average molecular weight is 673 g/mol. The second-order valence-electron chi connectivity index (χ2n) is 13.2. The number of aromatic nitrogens is 2. The number of nitrogens with zero attached hydrogens (tertiary/aromatic N) is 3. The molecule has 4 aromatic rings. The summed E-state index contributed by atoms with van der Waals surface area (Å²) in [7, 11) is 1.78. The first kappa shape index (κ1) is 34.7. The Labute approximate surface area is 281 Å². The van der Waals surface area contributed by atoms with Crippen molar-refractivity contribution in [1.29, 1.82) is 0 Å². The topological polar surface area (TPSA) is 168 Å². The van der Waals surface area contributed by atoms with Gasteiger partial charge in [-0.15, -0.1) is 0 Å². The zero-order valence-corrected chi connectivity index (χ0v) is 27.7. The van der Waals surface area contributed by atoms with E-state index in [1.54, 1.807) is 46.9 Å². The highest BCUT2D eigenvalue weighted by atomic mass is 19.1. The molecule has 13 heteroatoms. The van der Waals surface area contributed by atoms with Gasteiger partial charge in [0.2, 0.25) is 0 Å². The lowest BCUT2D eigenvalue weighted by Gasteiger charge is -2.28. The van der Waals surface area contributed by atoms with Crippen LogP contribution in [0, 0.1) is 18.2 Å². The zero-order valence-electron chi connectivity index (χ0n) is 27.7. The summed E-state index contributed by atoms with van der Waals surface area (Å²) in [5.41, 5.74) is 2.08. The Bertz CT molecular complexity index is 2030. The summed E-state index contributed by atoms with van der Waals surface area (Å²) in [6.45, 7) is 6.58. The van der Waals surface area contributed by atoms with Gasteiger partial charge in [-0.05, 0) is 93.1 Å². The molecule has 5 rings (SSSR count). The van der Waals surface area contributed by atoms with Crippen molar-refractivity contribution in [2.45, 2.75) is 65.8 Å². The average Bonchev–Trinajstić information content (AvgIpc) is 3.44. The summed E-state index contributed by atoms with van der Waals surface area (Å²) in [5, 5.41) is 21.4. The van der Waals surface area contributed by atoms with Gasteiger partial charge in [-0.2, -0.15) is 0 Å². The molecule has 0 saturated carbocycles. The molecule has 12 nitrogen and oxygen atoms in total. The number of amides is 1. The van der Waals surface area contributed by atoms with Crippen molar-refractivity contribution in [2.24, 2.45) is 5.41 Å². The number of anilines is 1. The summed E-state index contributed by atoms with van der Waals surface area (Å²) in [5.74, 6) is -4.23. The lowest BCUT2D eigenvalue weighted by molar-refractivity contribution is -0.157. The number of aliphatic carboxylic acids is 2. The van der Waals surface area contributed by atoms with E-state index in [1.165, 1.54) is 41.0 Å². The molecular formula is C36H37FN4O8. The van der Waals surface area contributed by atoms with Crippen LogP contribution in [-0.2, 0) is 38.7 Å². The third-order valence-corrected chi connectivity index (χ3v) is 8.65. The van der Waals surface area contributed by atoms with Crippen LogP contribution in [0.15, 0.2) is 59.4 Å². The molecule has 1 heterocycles. The molecule has 1 aliphatic carbocycles. The first-order chi connectivity index (χ1) is 23.0. The van der Waals surface area contributed by atoms with E-state index in [0.29, 0.717) is 40.8 Å². The van der Waals surface area contributed by atoms with Crippen LogP contribution in [0.25, 0.3) is 10.9 Å². The van der Waals surface area contributed by atoms with Crippen molar-refractivity contribution in [3.8, 4) is 0 Å². The van der Waals surface area contributed by atoms with E-state index < -0.39 is 41.1 Å². The molecule has 2 atom stereocenters. The summed E-state index contributed by atoms with van der Waals surface area (Å²) in [6, 6.07) is 11.7. The zero-order chi connectivity index (χ0) is 35.8. The fraction of sp³-hybridized carbons (Fsp3) is 0.333. The number of hydrogen-bond donors (Lipinski definition) is 3. The molecule has 3 N–H and O–H groups in total. The number of benzene rings is 3. The van der Waals surface area contributed by atoms with E-state index in [-0.39, 0.29) is 35.9 Å². The maximum Gasteiger partial charge on any atom is 0.330 e. The van der Waals surface area contributed by atoms with Crippen LogP contribution in [0.3, 0.4) is 0 Å². The summed E-state index contributed by atoms with van der Waals surface area (Å²) < 4.78 is 22.1. The molecular weight excluding hydrogens is 635 g/mol. The molecule has 0 spiro atoms. The third kappa shape index (κ3) is 7.30. The van der Waals surface area contributed by atoms with Crippen LogP contribution in [0.1, 0.15) is 77.7 Å². The van der Waals surface area contributed by atoms with Crippen LogP contribution < -0.4 is 15.8 Å². The SMILES string of the molecule is Cc1nc2cc3c(cc2c(=O)n1COC(=O)C(C)(C)C)C(N(C)c1ccc(C(=O)N[C@@H](C(=O)O)c2ccc(CC(=O)O)cc2)c(F)c1)CC3. The Balaban J connectivity index is 1.36. The van der Waals surface area contributed by atoms with E-state index in [1.807, 2.05) is 11.0 Å². The van der Waals surface area contributed by atoms with E-state index in [0.717, 1.165) is 11.1 Å². The molecule has 1 aromatic heterocycles. The van der Waals surface area contributed by atoms with Crippen molar-refractivity contribution in [3.63, 3.8) is 0 Å². The number of fused-ring (bicyclic) bond motifs is 2. The van der Waals surface area contributed by atoms with Gasteiger partial charge in [0.1, 0.15) is 11.6 Å². The standard InChI is InChI=1S/C36H37FN4O8/c1-19-38-28-15-22-10-13-29(25(22)17-26(28)33(45)41(19)18-49-35(48)36(2,3)4)40(5)23-11-12-24(27(37)16-23)32(44)39-31(34(46)47)21-8-6-20(7-9-21)14-30(42)43/h6-9,11-12,15-17,29,31H,10,13-14,18H2,1-5H3,(H,39,44)(H,42,43)(H,46,47)/t29?,31-/m1/s1. The molecule has 256 valence electrons. The molecule has 0 bridgehead atoms. The number of aryl methyl sites for hydroxylation is 2. The van der Waals surface area contributed by atoms with Gasteiger partial charge < -0.3 is 25.2 Å². The summed E-state index contributed by atoms with van der Waals surface area (Å²) in [6.07, 6.45) is 1.13. The van der Waals surface area contributed by atoms with Gasteiger partial charge in [-0.3, -0.25) is 23.7 Å². The van der Waals surface area contributed by atoms with E-state index in [9.17, 15) is 29.1 Å². The second-order valence-corrected chi connectivity index (χ2v) is 13.2. The van der Waals surface area contributed by atoms with Crippen molar-refractivity contribution in [1.82, 2.24) is 14.9 Å². The number of rotatable bonds is 10. The lowest BCUT2D eigenvalue weighted by Crippen LogP contribution is -2.34. The van der Waals surface area contributed by atoms with Crippen molar-refractivity contribution < 1.29 is 38.5 Å². The van der Waals surface area contributed by atoms with Crippen LogP contribution in [0.4, 0.5) is 10.1 Å². The number of carbonyl (C=O) groups is 4. The number of carboxylic acid groups (broad SMARTS) is 2. The number of halogens is 1. The minimum absolute atomic E-state index is 0.196. The second kappa shape index (κ2) is 13.5. The molecule has 1 amide bonds. The fourth-order valence-electron chi connectivity index (χ4n) is 5.89. The van der Waals surface area contributed by atoms with Gasteiger partial charge in [0.15, 0.2) is 12.8 Å². The molecule has 0 fully saturated rings. The number of carbonyl (C=O) groups excluding carboxylic acids is 2. The van der Waals surface area contributed by atoms with Gasteiger partial charge in [0.25, 0.3) is 11.5 Å². The quantitative estimate of drug-likeness (QED) is 0.201. The molecule has 1 aliphatic rings. The van der Waals surface area contributed by atoms with Crippen molar-refractivity contribution in [3.05, 3.63) is 104 Å². The van der Waals surface area contributed by atoms with Gasteiger partial charge in [-0.1, -0.05) is 24.3 Å². The van der Waals surface area contributed by atoms with E-state index in [4.69, 9.17) is 9.84 Å². The van der Waals surface area contributed by atoms with Gasteiger partial charge in [0.05, 0.1) is 34.3 Å². The van der Waals surface area contributed by atoms with E-state index in [2.05, 4.69) is 10.3 Å². The van der Waals surface area contributed by atoms with E-state index >= 15 is 4.39 Å². The maximum absolute atomic E-state index is 15.4. The number of hydrogen-bond acceptors (Lipinski definition) is 8. The maximum atomic E-state index is 15.4. The minimum Gasteiger partial charge on any atom is -0.481 e. The van der Waals surface area contributed by atoms with Crippen LogP contribution in [0.5, 0.6) is 0 Å². The molecule has 0 aliphatic heterocycles. The fourth-order valence-corrected chi connectivity index (χ4v) is 5.89. The van der Waals surface area contributed by atoms with Crippen LogP contribution in [-0.4, -0.2) is 50.6 Å². The molecule has 3 aromatic carbocycles. The predicted octanol–water partition coefficient (Wildman–Crippen LogP) is 4.70. The normalized spacial score (nSPS) is 14.6. The highest BCUT2D eigenvalue weighted by Crippen LogP contribution is 2.39. The van der Waals surface area contributed by atoms with Gasteiger partial charge in [-0.25, -0.2) is 14.2 Å². The van der Waals surface area contributed by atoms with Gasteiger partial charge >= 0.3 is 17.9 Å². The van der Waals surface area contributed by atoms with Gasteiger partial charge in [0, 0.05) is 12.7 Å². The summed E-state index contributed by atoms with van der Waals surface area (Å²) in [4.78, 5) is 68.3. The highest BCUT2D eigenvalue weighted by Gasteiger charge is 2.30. The lowest BCUT2D eigenvalue weighted by atomic mass is 9.98.